The van der Waals surface area contributed by atoms with Crippen LogP contribution in [0.2, 0.25) is 0 Å². The second-order valence-corrected chi connectivity index (χ2v) is 5.19. The van der Waals surface area contributed by atoms with Crippen LogP contribution in [0.15, 0.2) is 18.2 Å². The third-order valence-electron chi connectivity index (χ3n) is 3.61. The van der Waals surface area contributed by atoms with Gasteiger partial charge in [-0.2, -0.15) is 0 Å². The Kier molecular flexibility index (Phi) is 5.38. The molecule has 1 aromatic rings. The van der Waals surface area contributed by atoms with Crippen molar-refractivity contribution in [1.29, 1.82) is 0 Å². The van der Waals surface area contributed by atoms with Crippen LogP contribution in [0, 0.1) is 10.1 Å². The first-order chi connectivity index (χ1) is 10.1. The zero-order valence-electron chi connectivity index (χ0n) is 12.7. The first kappa shape index (κ1) is 15.6. The van der Waals surface area contributed by atoms with Crippen LogP contribution in [0.5, 0.6) is 5.75 Å². The van der Waals surface area contributed by atoms with E-state index in [1.807, 2.05) is 13.0 Å². The van der Waals surface area contributed by atoms with Crippen LogP contribution in [-0.2, 0) is 0 Å². The smallest absolute Gasteiger partial charge is 0.275 e. The van der Waals surface area contributed by atoms with Gasteiger partial charge in [-0.1, -0.05) is 6.92 Å². The normalized spacial score (nSPS) is 14.2. The standard InChI is InChI=1S/C15H23N3O3/c1-3-17(13-5-6-13)8-7-16-12-9-14(18(19)20)11-15(10-12)21-4-2/h9-11,13,16H,3-8H2,1-2H3. The average molecular weight is 293 g/mol. The van der Waals surface area contributed by atoms with Crippen molar-refractivity contribution in [3.8, 4) is 5.75 Å². The monoisotopic (exact) mass is 293 g/mol. The molecule has 2 rings (SSSR count). The third-order valence-corrected chi connectivity index (χ3v) is 3.61. The maximum absolute atomic E-state index is 10.9. The van der Waals surface area contributed by atoms with Crippen molar-refractivity contribution in [2.45, 2.75) is 32.7 Å². The minimum absolute atomic E-state index is 0.0537. The number of hydrogen-bond donors (Lipinski definition) is 1. The van der Waals surface area contributed by atoms with Gasteiger partial charge in [0, 0.05) is 37.0 Å². The second kappa shape index (κ2) is 7.26. The molecular weight excluding hydrogens is 270 g/mol. The lowest BCUT2D eigenvalue weighted by Gasteiger charge is -2.20. The summed E-state index contributed by atoms with van der Waals surface area (Å²) >= 11 is 0. The van der Waals surface area contributed by atoms with Crippen LogP contribution in [0.1, 0.15) is 26.7 Å². The summed E-state index contributed by atoms with van der Waals surface area (Å²) in [6, 6.07) is 5.55. The first-order valence-corrected chi connectivity index (χ1v) is 7.54. The van der Waals surface area contributed by atoms with Crippen LogP contribution in [-0.4, -0.2) is 42.1 Å². The van der Waals surface area contributed by atoms with E-state index in [0.29, 0.717) is 12.4 Å². The lowest BCUT2D eigenvalue weighted by Crippen LogP contribution is -2.30. The van der Waals surface area contributed by atoms with Crippen molar-refractivity contribution in [1.82, 2.24) is 4.90 Å². The second-order valence-electron chi connectivity index (χ2n) is 5.19. The van der Waals surface area contributed by atoms with Gasteiger partial charge >= 0.3 is 0 Å². The van der Waals surface area contributed by atoms with Crippen molar-refractivity contribution >= 4 is 11.4 Å². The van der Waals surface area contributed by atoms with E-state index in [4.69, 9.17) is 4.74 Å². The fourth-order valence-electron chi connectivity index (χ4n) is 2.42. The highest BCUT2D eigenvalue weighted by atomic mass is 16.6. The molecule has 0 saturated heterocycles. The number of ether oxygens (including phenoxy) is 1. The molecular formula is C15H23N3O3. The van der Waals surface area contributed by atoms with Crippen molar-refractivity contribution < 1.29 is 9.66 Å². The first-order valence-electron chi connectivity index (χ1n) is 7.54. The van der Waals surface area contributed by atoms with Crippen LogP contribution >= 0.6 is 0 Å². The fourth-order valence-corrected chi connectivity index (χ4v) is 2.42. The summed E-state index contributed by atoms with van der Waals surface area (Å²) in [4.78, 5) is 13.0. The van der Waals surface area contributed by atoms with Crippen LogP contribution in [0.3, 0.4) is 0 Å². The average Bonchev–Trinajstić information content (AvgIpc) is 3.28. The molecule has 6 nitrogen and oxygen atoms in total. The van der Waals surface area contributed by atoms with Gasteiger partial charge in [0.1, 0.15) is 5.75 Å². The highest BCUT2D eigenvalue weighted by molar-refractivity contribution is 5.56. The molecule has 116 valence electrons. The van der Waals surface area contributed by atoms with Gasteiger partial charge in [0.25, 0.3) is 5.69 Å². The Balaban J connectivity index is 1.95. The highest BCUT2D eigenvalue weighted by Gasteiger charge is 2.27. The Hall–Kier alpha value is -1.82. The van der Waals surface area contributed by atoms with Gasteiger partial charge in [-0.15, -0.1) is 0 Å². The number of nitrogens with one attached hydrogen (secondary N) is 1. The lowest BCUT2D eigenvalue weighted by molar-refractivity contribution is -0.384. The van der Waals surface area contributed by atoms with Crippen molar-refractivity contribution in [2.75, 3.05) is 31.6 Å². The van der Waals surface area contributed by atoms with E-state index < -0.39 is 4.92 Å². The predicted octanol–water partition coefficient (Wildman–Crippen LogP) is 2.89. The maximum Gasteiger partial charge on any atom is 0.275 e. The molecule has 21 heavy (non-hydrogen) atoms. The van der Waals surface area contributed by atoms with Crippen molar-refractivity contribution in [3.05, 3.63) is 28.3 Å². The molecule has 0 amide bonds. The Labute approximate surface area is 125 Å². The number of benzene rings is 1. The summed E-state index contributed by atoms with van der Waals surface area (Å²) < 4.78 is 5.38. The molecule has 0 radical (unpaired) electrons. The van der Waals surface area contributed by atoms with E-state index in [2.05, 4.69) is 17.1 Å². The number of non-ortho nitro benzene ring substituents is 1. The van der Waals surface area contributed by atoms with E-state index >= 15 is 0 Å². The number of nitro groups is 1. The number of rotatable bonds is 9. The number of nitro benzene ring substituents is 1. The van der Waals surface area contributed by atoms with E-state index in [1.165, 1.54) is 18.9 Å². The maximum atomic E-state index is 10.9. The van der Waals surface area contributed by atoms with Gasteiger partial charge in [0.05, 0.1) is 17.6 Å². The molecule has 1 saturated carbocycles. The van der Waals surface area contributed by atoms with Gasteiger partial charge in [-0.05, 0) is 26.3 Å². The quantitative estimate of drug-likeness (QED) is 0.560. The molecule has 1 N–H and O–H groups in total. The summed E-state index contributed by atoms with van der Waals surface area (Å²) in [7, 11) is 0. The fraction of sp³-hybridized carbons (Fsp3) is 0.600. The Bertz CT molecular complexity index is 489. The Morgan fingerprint density at radius 2 is 2.14 bits per heavy atom. The minimum atomic E-state index is -0.393. The molecule has 0 atom stereocenters. The van der Waals surface area contributed by atoms with E-state index in [9.17, 15) is 10.1 Å². The molecule has 0 spiro atoms. The predicted molar refractivity (Wildman–Crippen MR) is 83.0 cm³/mol. The summed E-state index contributed by atoms with van der Waals surface area (Å²) in [5.74, 6) is 0.531. The van der Waals surface area contributed by atoms with Gasteiger partial charge in [0.2, 0.25) is 0 Å². The van der Waals surface area contributed by atoms with Gasteiger partial charge in [0.15, 0.2) is 0 Å². The van der Waals surface area contributed by atoms with Crippen molar-refractivity contribution in [3.63, 3.8) is 0 Å². The van der Waals surface area contributed by atoms with Gasteiger partial charge < -0.3 is 10.1 Å². The minimum Gasteiger partial charge on any atom is -0.494 e. The number of anilines is 1. The zero-order chi connectivity index (χ0) is 15.2. The highest BCUT2D eigenvalue weighted by Crippen LogP contribution is 2.27. The molecule has 1 fully saturated rings. The molecule has 1 aromatic carbocycles. The molecule has 0 unspecified atom stereocenters. The molecule has 1 aliphatic carbocycles. The zero-order valence-corrected chi connectivity index (χ0v) is 12.7. The van der Waals surface area contributed by atoms with Gasteiger partial charge in [-0.3, -0.25) is 15.0 Å². The summed E-state index contributed by atoms with van der Waals surface area (Å²) in [6.07, 6.45) is 2.58. The van der Waals surface area contributed by atoms with Crippen LogP contribution in [0.25, 0.3) is 0 Å². The summed E-state index contributed by atoms with van der Waals surface area (Å²) in [5.41, 5.74) is 0.789. The van der Waals surface area contributed by atoms with E-state index in [1.54, 1.807) is 6.07 Å². The lowest BCUT2D eigenvalue weighted by atomic mass is 10.2. The van der Waals surface area contributed by atoms with Crippen LogP contribution < -0.4 is 10.1 Å². The molecule has 0 bridgehead atoms. The van der Waals surface area contributed by atoms with E-state index in [0.717, 1.165) is 31.4 Å². The summed E-state index contributed by atoms with van der Waals surface area (Å²) in [5, 5.41) is 14.2. The molecule has 6 heteroatoms. The van der Waals surface area contributed by atoms with Crippen molar-refractivity contribution in [2.24, 2.45) is 0 Å². The summed E-state index contributed by atoms with van der Waals surface area (Å²) in [6.45, 7) is 7.29. The number of hydrogen-bond acceptors (Lipinski definition) is 5. The molecule has 0 aliphatic heterocycles. The Morgan fingerprint density at radius 1 is 1.38 bits per heavy atom. The van der Waals surface area contributed by atoms with Gasteiger partial charge in [-0.25, -0.2) is 0 Å². The molecule has 0 aromatic heterocycles. The van der Waals surface area contributed by atoms with Crippen LogP contribution in [0.4, 0.5) is 11.4 Å². The third kappa shape index (κ3) is 4.60. The molecule has 1 aliphatic rings. The largest absolute Gasteiger partial charge is 0.494 e. The Morgan fingerprint density at radius 3 is 2.71 bits per heavy atom. The number of likely N-dealkylation sites (N-methyl/N-ethyl adjacent to an activating group) is 1. The topological polar surface area (TPSA) is 67.6 Å². The molecule has 0 heterocycles. The SMILES string of the molecule is CCOc1cc(NCCN(CC)C2CC2)cc([N+](=O)[O-])c1. The van der Waals surface area contributed by atoms with E-state index in [-0.39, 0.29) is 5.69 Å². The number of nitrogens with zero attached hydrogens (tertiary/aromatic N) is 2.